The maximum absolute atomic E-state index is 11.5. The Hall–Kier alpha value is -3.44. The van der Waals surface area contributed by atoms with Crippen molar-refractivity contribution >= 4 is 33.1 Å². The summed E-state index contributed by atoms with van der Waals surface area (Å²) >= 11 is 0. The lowest BCUT2D eigenvalue weighted by Gasteiger charge is -2.10. The first-order chi connectivity index (χ1) is 13.8. The molecule has 0 aliphatic heterocycles. The number of nitrogens with zero attached hydrogens (tertiary/aromatic N) is 4. The minimum atomic E-state index is -3.40. The van der Waals surface area contributed by atoms with Gasteiger partial charge in [0.05, 0.1) is 24.3 Å². The number of benzene rings is 1. The Morgan fingerprint density at radius 3 is 2.72 bits per heavy atom. The average molecular weight is 413 g/mol. The van der Waals surface area contributed by atoms with E-state index in [1.54, 1.807) is 34.9 Å². The average Bonchev–Trinajstić information content (AvgIpc) is 3.26. The predicted molar refractivity (Wildman–Crippen MR) is 109 cm³/mol. The second-order valence-electron chi connectivity index (χ2n) is 6.60. The number of aromatic nitrogens is 5. The monoisotopic (exact) mass is 413 g/mol. The summed E-state index contributed by atoms with van der Waals surface area (Å²) in [4.78, 5) is 9.06. The number of sulfonamides is 1. The van der Waals surface area contributed by atoms with Crippen LogP contribution < -0.4 is 10.0 Å². The van der Waals surface area contributed by atoms with E-state index in [-0.39, 0.29) is 6.61 Å². The minimum absolute atomic E-state index is 0.203. The van der Waals surface area contributed by atoms with Crippen LogP contribution >= 0.6 is 0 Å². The molecule has 0 saturated heterocycles. The second-order valence-corrected chi connectivity index (χ2v) is 8.35. The van der Waals surface area contributed by atoms with E-state index in [9.17, 15) is 13.5 Å². The Morgan fingerprint density at radius 1 is 1.21 bits per heavy atom. The SMILES string of the molecule is Cc1cc(Nc2nc(-c3cccc(NS(C)(=O)=O)c3)cc3nc(CO)cn23)n[nH]1. The van der Waals surface area contributed by atoms with Crippen LogP contribution in [0.15, 0.2) is 42.6 Å². The molecule has 3 aromatic heterocycles. The maximum Gasteiger partial charge on any atom is 0.229 e. The molecule has 0 unspecified atom stereocenters. The standard InChI is InChI=1S/C18H19N7O3S/c1-11-6-16(23-22-11)21-18-20-15(8-17-19-14(10-26)9-25(17)18)12-4-3-5-13(7-12)24-29(2,27)28/h3-9,24,26H,10H2,1-2H3,(H2,20,21,22,23). The van der Waals surface area contributed by atoms with Crippen molar-refractivity contribution in [2.75, 3.05) is 16.3 Å². The first kappa shape index (κ1) is 18.9. The molecule has 0 aliphatic rings. The number of aromatic amines is 1. The van der Waals surface area contributed by atoms with Crippen molar-refractivity contribution in [3.05, 3.63) is 54.0 Å². The van der Waals surface area contributed by atoms with E-state index in [0.717, 1.165) is 11.9 Å². The van der Waals surface area contributed by atoms with E-state index < -0.39 is 10.0 Å². The van der Waals surface area contributed by atoms with Gasteiger partial charge in [-0.3, -0.25) is 14.2 Å². The van der Waals surface area contributed by atoms with Crippen molar-refractivity contribution in [2.24, 2.45) is 0 Å². The third kappa shape index (κ3) is 4.20. The quantitative estimate of drug-likeness (QED) is 0.379. The molecule has 0 bridgehead atoms. The van der Waals surface area contributed by atoms with Crippen LogP contribution in [0.1, 0.15) is 11.4 Å². The highest BCUT2D eigenvalue weighted by Gasteiger charge is 2.13. The molecular weight excluding hydrogens is 394 g/mol. The molecule has 1 aromatic carbocycles. The molecular formula is C18H19N7O3S. The molecule has 0 aliphatic carbocycles. The Balaban J connectivity index is 1.81. The Labute approximate surface area is 166 Å². The molecule has 0 radical (unpaired) electrons. The van der Waals surface area contributed by atoms with E-state index in [1.807, 2.05) is 19.1 Å². The third-order valence-electron chi connectivity index (χ3n) is 4.07. The molecule has 3 heterocycles. The van der Waals surface area contributed by atoms with Crippen molar-refractivity contribution in [3.63, 3.8) is 0 Å². The third-order valence-corrected chi connectivity index (χ3v) is 4.68. The lowest BCUT2D eigenvalue weighted by molar-refractivity contribution is 0.277. The van der Waals surface area contributed by atoms with Crippen molar-refractivity contribution in [1.29, 1.82) is 0 Å². The summed E-state index contributed by atoms with van der Waals surface area (Å²) in [6.07, 6.45) is 2.79. The zero-order valence-electron chi connectivity index (χ0n) is 15.7. The van der Waals surface area contributed by atoms with Crippen LogP contribution in [0.5, 0.6) is 0 Å². The van der Waals surface area contributed by atoms with Gasteiger partial charge in [-0.15, -0.1) is 0 Å². The molecule has 0 amide bonds. The summed E-state index contributed by atoms with van der Waals surface area (Å²) in [5.41, 5.74) is 3.69. The van der Waals surface area contributed by atoms with Crippen LogP contribution in [0.4, 0.5) is 17.5 Å². The van der Waals surface area contributed by atoms with E-state index in [0.29, 0.717) is 40.1 Å². The number of aliphatic hydroxyl groups excluding tert-OH is 1. The van der Waals surface area contributed by atoms with E-state index >= 15 is 0 Å². The number of H-pyrrole nitrogens is 1. The Kier molecular flexibility index (Phi) is 4.68. The summed E-state index contributed by atoms with van der Waals surface area (Å²) in [6.45, 7) is 1.69. The number of fused-ring (bicyclic) bond motifs is 1. The molecule has 0 fully saturated rings. The highest BCUT2D eigenvalue weighted by molar-refractivity contribution is 7.92. The number of aliphatic hydroxyl groups is 1. The van der Waals surface area contributed by atoms with Gasteiger partial charge in [0.1, 0.15) is 5.65 Å². The molecule has 11 heteroatoms. The zero-order valence-corrected chi connectivity index (χ0v) is 16.5. The number of anilines is 3. The van der Waals surface area contributed by atoms with Crippen LogP contribution in [0.2, 0.25) is 0 Å². The highest BCUT2D eigenvalue weighted by Crippen LogP contribution is 2.26. The normalized spacial score (nSPS) is 11.7. The van der Waals surface area contributed by atoms with Crippen LogP contribution in [0.3, 0.4) is 0 Å². The number of hydrogen-bond donors (Lipinski definition) is 4. The van der Waals surface area contributed by atoms with Crippen molar-refractivity contribution < 1.29 is 13.5 Å². The van der Waals surface area contributed by atoms with Crippen molar-refractivity contribution in [2.45, 2.75) is 13.5 Å². The molecule has 10 nitrogen and oxygen atoms in total. The number of imidazole rings is 1. The van der Waals surface area contributed by atoms with Crippen molar-refractivity contribution in [3.8, 4) is 11.3 Å². The van der Waals surface area contributed by atoms with Gasteiger partial charge in [-0.05, 0) is 19.1 Å². The highest BCUT2D eigenvalue weighted by atomic mass is 32.2. The second kappa shape index (κ2) is 7.18. The van der Waals surface area contributed by atoms with Gasteiger partial charge in [0.15, 0.2) is 5.82 Å². The van der Waals surface area contributed by atoms with Gasteiger partial charge in [0.25, 0.3) is 0 Å². The lowest BCUT2D eigenvalue weighted by Crippen LogP contribution is -2.09. The fourth-order valence-corrected chi connectivity index (χ4v) is 3.46. The summed E-state index contributed by atoms with van der Waals surface area (Å²) in [5.74, 6) is 1.04. The molecule has 4 aromatic rings. The Bertz CT molecular complexity index is 1290. The van der Waals surface area contributed by atoms with Gasteiger partial charge < -0.3 is 10.4 Å². The first-order valence-corrected chi connectivity index (χ1v) is 10.6. The van der Waals surface area contributed by atoms with Crippen LogP contribution in [-0.2, 0) is 16.6 Å². The van der Waals surface area contributed by atoms with Gasteiger partial charge in [0.2, 0.25) is 16.0 Å². The van der Waals surface area contributed by atoms with Gasteiger partial charge in [-0.1, -0.05) is 12.1 Å². The fourth-order valence-electron chi connectivity index (χ4n) is 2.90. The number of nitrogens with one attached hydrogen (secondary N) is 3. The molecule has 0 spiro atoms. The van der Waals surface area contributed by atoms with Gasteiger partial charge in [0, 0.05) is 35.3 Å². The maximum atomic E-state index is 11.5. The molecule has 4 rings (SSSR count). The topological polar surface area (TPSA) is 137 Å². The summed E-state index contributed by atoms with van der Waals surface area (Å²) in [5, 5.41) is 19.6. The lowest BCUT2D eigenvalue weighted by atomic mass is 10.1. The van der Waals surface area contributed by atoms with E-state index in [4.69, 9.17) is 0 Å². The largest absolute Gasteiger partial charge is 0.390 e. The van der Waals surface area contributed by atoms with Crippen LogP contribution in [0, 0.1) is 6.92 Å². The zero-order chi connectivity index (χ0) is 20.6. The van der Waals surface area contributed by atoms with Crippen LogP contribution in [0.25, 0.3) is 16.9 Å². The summed E-state index contributed by atoms with van der Waals surface area (Å²) in [6, 6.07) is 10.5. The summed E-state index contributed by atoms with van der Waals surface area (Å²) in [7, 11) is -3.40. The molecule has 4 N–H and O–H groups in total. The van der Waals surface area contributed by atoms with Crippen molar-refractivity contribution in [1.82, 2.24) is 24.6 Å². The molecule has 0 atom stereocenters. The Morgan fingerprint density at radius 2 is 2.03 bits per heavy atom. The number of rotatable bonds is 6. The van der Waals surface area contributed by atoms with E-state index in [2.05, 4.69) is 30.2 Å². The smallest absolute Gasteiger partial charge is 0.229 e. The van der Waals surface area contributed by atoms with E-state index in [1.165, 1.54) is 0 Å². The van der Waals surface area contributed by atoms with Crippen LogP contribution in [-0.4, -0.2) is 44.3 Å². The molecule has 150 valence electrons. The predicted octanol–water partition coefficient (Wildman–Crippen LogP) is 2.04. The number of hydrogen-bond acceptors (Lipinski definition) is 7. The van der Waals surface area contributed by atoms with Gasteiger partial charge in [-0.25, -0.2) is 18.4 Å². The fraction of sp³-hybridized carbons (Fsp3) is 0.167. The minimum Gasteiger partial charge on any atom is -0.390 e. The molecule has 29 heavy (non-hydrogen) atoms. The first-order valence-electron chi connectivity index (χ1n) is 8.68. The number of aryl methyl sites for hydroxylation is 1. The summed E-state index contributed by atoms with van der Waals surface area (Å²) < 4.78 is 27.2. The molecule has 0 saturated carbocycles. The van der Waals surface area contributed by atoms with Gasteiger partial charge in [-0.2, -0.15) is 5.10 Å². The van der Waals surface area contributed by atoms with Gasteiger partial charge >= 0.3 is 0 Å².